The van der Waals surface area contributed by atoms with Gasteiger partial charge in [0.1, 0.15) is 0 Å². The number of amides is 2. The van der Waals surface area contributed by atoms with Crippen molar-refractivity contribution < 1.29 is 23.5 Å². The molecule has 0 saturated carbocycles. The first-order chi connectivity index (χ1) is 9.31. The average Bonchev–Trinajstić information content (AvgIpc) is 2.36. The number of urea groups is 1. The first-order valence-corrected chi connectivity index (χ1v) is 6.81. The molecular weight excluding hydrogens is 270 g/mol. The molecule has 1 fully saturated rings. The number of nitrogens with zero attached hydrogens (tertiary/aromatic N) is 2. The lowest BCUT2D eigenvalue weighted by Crippen LogP contribution is -2.48. The van der Waals surface area contributed by atoms with Crippen LogP contribution in [0.2, 0.25) is 0 Å². The van der Waals surface area contributed by atoms with Gasteiger partial charge in [0.05, 0.1) is 6.54 Å². The molecule has 0 bridgehead atoms. The van der Waals surface area contributed by atoms with Gasteiger partial charge >= 0.3 is 12.0 Å². The molecule has 2 atom stereocenters. The van der Waals surface area contributed by atoms with Crippen LogP contribution < -0.4 is 0 Å². The van der Waals surface area contributed by atoms with E-state index in [9.17, 15) is 18.4 Å². The molecule has 1 heterocycles. The zero-order valence-electron chi connectivity index (χ0n) is 11.9. The van der Waals surface area contributed by atoms with Crippen LogP contribution in [0, 0.1) is 11.8 Å². The monoisotopic (exact) mass is 292 g/mol. The van der Waals surface area contributed by atoms with Crippen molar-refractivity contribution in [3.05, 3.63) is 0 Å². The highest BCUT2D eigenvalue weighted by Gasteiger charge is 2.30. The van der Waals surface area contributed by atoms with E-state index in [1.807, 2.05) is 6.92 Å². The van der Waals surface area contributed by atoms with Crippen LogP contribution in [-0.2, 0) is 4.79 Å². The Bertz CT molecular complexity index is 353. The minimum absolute atomic E-state index is 0.0245. The fourth-order valence-corrected chi connectivity index (χ4v) is 2.62. The molecule has 1 saturated heterocycles. The van der Waals surface area contributed by atoms with E-state index in [0.717, 1.165) is 17.7 Å². The standard InChI is InChI=1S/C13H22F2N2O3/c1-9(6-12(18)19)10-4-3-5-17(7-10)13(20)16(2)8-11(14)15/h9-11H,3-8H2,1-2H3,(H,18,19). The summed E-state index contributed by atoms with van der Waals surface area (Å²) in [5.41, 5.74) is 0. The maximum Gasteiger partial charge on any atom is 0.319 e. The number of aliphatic carboxylic acids is 1. The number of carboxylic acid groups (broad SMARTS) is 1. The summed E-state index contributed by atoms with van der Waals surface area (Å²) in [7, 11) is 1.36. The normalized spacial score (nSPS) is 20.9. The summed E-state index contributed by atoms with van der Waals surface area (Å²) in [6, 6.07) is -0.405. The van der Waals surface area contributed by atoms with Gasteiger partial charge in [-0.1, -0.05) is 6.92 Å². The van der Waals surface area contributed by atoms with Gasteiger partial charge < -0.3 is 14.9 Å². The highest BCUT2D eigenvalue weighted by atomic mass is 19.3. The molecule has 7 heteroatoms. The summed E-state index contributed by atoms with van der Waals surface area (Å²) in [6.07, 6.45) is -0.824. The van der Waals surface area contributed by atoms with Crippen molar-refractivity contribution in [3.63, 3.8) is 0 Å². The van der Waals surface area contributed by atoms with Crippen LogP contribution >= 0.6 is 0 Å². The number of likely N-dealkylation sites (tertiary alicyclic amines) is 1. The van der Waals surface area contributed by atoms with Gasteiger partial charge in [0, 0.05) is 26.6 Å². The first kappa shape index (κ1) is 16.7. The fourth-order valence-electron chi connectivity index (χ4n) is 2.62. The van der Waals surface area contributed by atoms with Crippen LogP contribution in [0.3, 0.4) is 0 Å². The van der Waals surface area contributed by atoms with Gasteiger partial charge in [0.25, 0.3) is 6.43 Å². The Labute approximate surface area is 117 Å². The number of carbonyl (C=O) groups is 2. The molecule has 0 aliphatic carbocycles. The number of carbonyl (C=O) groups excluding carboxylic acids is 1. The SMILES string of the molecule is CC(CC(=O)O)C1CCCN(C(=O)N(C)CC(F)F)C1. The number of carboxylic acids is 1. The molecule has 0 spiro atoms. The summed E-state index contributed by atoms with van der Waals surface area (Å²) in [4.78, 5) is 25.3. The van der Waals surface area contributed by atoms with Gasteiger partial charge in [0.15, 0.2) is 0 Å². The van der Waals surface area contributed by atoms with Crippen molar-refractivity contribution in [3.8, 4) is 0 Å². The van der Waals surface area contributed by atoms with Gasteiger partial charge in [0.2, 0.25) is 0 Å². The summed E-state index contributed by atoms with van der Waals surface area (Å²) >= 11 is 0. The lowest BCUT2D eigenvalue weighted by molar-refractivity contribution is -0.138. The highest BCUT2D eigenvalue weighted by molar-refractivity contribution is 5.74. The third-order valence-electron chi connectivity index (χ3n) is 3.77. The molecule has 0 aromatic heterocycles. The van der Waals surface area contributed by atoms with Crippen molar-refractivity contribution >= 4 is 12.0 Å². The lowest BCUT2D eigenvalue weighted by Gasteiger charge is -2.37. The molecule has 2 unspecified atom stereocenters. The molecule has 0 radical (unpaired) electrons. The van der Waals surface area contributed by atoms with E-state index in [-0.39, 0.29) is 18.3 Å². The average molecular weight is 292 g/mol. The van der Waals surface area contributed by atoms with Crippen molar-refractivity contribution in [1.82, 2.24) is 9.80 Å². The van der Waals surface area contributed by atoms with E-state index in [1.54, 1.807) is 4.90 Å². The van der Waals surface area contributed by atoms with E-state index in [1.165, 1.54) is 7.05 Å². The smallest absolute Gasteiger partial charge is 0.319 e. The van der Waals surface area contributed by atoms with E-state index >= 15 is 0 Å². The molecule has 0 aromatic rings. The predicted molar refractivity (Wildman–Crippen MR) is 69.7 cm³/mol. The third-order valence-corrected chi connectivity index (χ3v) is 3.77. The summed E-state index contributed by atoms with van der Waals surface area (Å²) in [5.74, 6) is -0.761. The molecular formula is C13H22F2N2O3. The van der Waals surface area contributed by atoms with E-state index < -0.39 is 25.0 Å². The Balaban J connectivity index is 2.55. The van der Waals surface area contributed by atoms with Gasteiger partial charge in [-0.2, -0.15) is 0 Å². The molecule has 1 aliphatic rings. The summed E-state index contributed by atoms with van der Waals surface area (Å²) in [5, 5.41) is 8.80. The molecule has 20 heavy (non-hydrogen) atoms. The third kappa shape index (κ3) is 4.94. The molecule has 2 amide bonds. The van der Waals surface area contributed by atoms with Crippen LogP contribution in [-0.4, -0.2) is 60.0 Å². The summed E-state index contributed by atoms with van der Waals surface area (Å²) in [6.45, 7) is 2.27. The Hall–Kier alpha value is -1.40. The second-order valence-electron chi connectivity index (χ2n) is 5.48. The number of piperidine rings is 1. The maximum absolute atomic E-state index is 12.3. The number of alkyl halides is 2. The van der Waals surface area contributed by atoms with E-state index in [2.05, 4.69) is 0 Å². The van der Waals surface area contributed by atoms with Crippen LogP contribution in [0.25, 0.3) is 0 Å². The van der Waals surface area contributed by atoms with Crippen molar-refractivity contribution in [2.24, 2.45) is 11.8 Å². The predicted octanol–water partition coefficient (Wildman–Crippen LogP) is 2.13. The molecule has 1 aliphatic heterocycles. The second kappa shape index (κ2) is 7.40. The minimum atomic E-state index is -2.55. The molecule has 0 aromatic carbocycles. The lowest BCUT2D eigenvalue weighted by atomic mass is 9.85. The topological polar surface area (TPSA) is 60.9 Å². The molecule has 1 rings (SSSR count). The van der Waals surface area contributed by atoms with Gasteiger partial charge in [-0.25, -0.2) is 13.6 Å². The zero-order chi connectivity index (χ0) is 15.3. The molecule has 116 valence electrons. The molecule has 5 nitrogen and oxygen atoms in total. The first-order valence-electron chi connectivity index (χ1n) is 6.81. The van der Waals surface area contributed by atoms with Crippen molar-refractivity contribution in [2.75, 3.05) is 26.7 Å². The van der Waals surface area contributed by atoms with Crippen LogP contribution in [0.4, 0.5) is 13.6 Å². The number of hydrogen-bond acceptors (Lipinski definition) is 2. The minimum Gasteiger partial charge on any atom is -0.481 e. The molecule has 1 N–H and O–H groups in total. The Morgan fingerprint density at radius 2 is 2.10 bits per heavy atom. The van der Waals surface area contributed by atoms with Crippen molar-refractivity contribution in [1.29, 1.82) is 0 Å². The van der Waals surface area contributed by atoms with Crippen LogP contribution in [0.5, 0.6) is 0 Å². The fraction of sp³-hybridized carbons (Fsp3) is 0.846. The van der Waals surface area contributed by atoms with Crippen molar-refractivity contribution in [2.45, 2.75) is 32.6 Å². The van der Waals surface area contributed by atoms with Crippen LogP contribution in [0.15, 0.2) is 0 Å². The maximum atomic E-state index is 12.3. The number of hydrogen-bond donors (Lipinski definition) is 1. The van der Waals surface area contributed by atoms with Gasteiger partial charge in [-0.15, -0.1) is 0 Å². The number of rotatable bonds is 5. The second-order valence-corrected chi connectivity index (χ2v) is 5.48. The quantitative estimate of drug-likeness (QED) is 0.844. The Morgan fingerprint density at radius 1 is 1.45 bits per heavy atom. The largest absolute Gasteiger partial charge is 0.481 e. The Morgan fingerprint density at radius 3 is 2.65 bits per heavy atom. The highest BCUT2D eigenvalue weighted by Crippen LogP contribution is 2.26. The summed E-state index contributed by atoms with van der Waals surface area (Å²) < 4.78 is 24.6. The Kier molecular flexibility index (Phi) is 6.16. The number of halogens is 2. The van der Waals surface area contributed by atoms with E-state index in [0.29, 0.717) is 13.1 Å². The van der Waals surface area contributed by atoms with Crippen LogP contribution in [0.1, 0.15) is 26.2 Å². The van der Waals surface area contributed by atoms with E-state index in [4.69, 9.17) is 5.11 Å². The zero-order valence-corrected chi connectivity index (χ0v) is 11.9. The van der Waals surface area contributed by atoms with Gasteiger partial charge in [-0.05, 0) is 24.7 Å². The van der Waals surface area contributed by atoms with Gasteiger partial charge in [-0.3, -0.25) is 4.79 Å².